The molecule has 0 unspecified atom stereocenters. The summed E-state index contributed by atoms with van der Waals surface area (Å²) in [5.41, 5.74) is 5.25. The van der Waals surface area contributed by atoms with Gasteiger partial charge in [0.25, 0.3) is 0 Å². The lowest BCUT2D eigenvalue weighted by molar-refractivity contribution is 0.347. The number of pyridine rings is 2. The second kappa shape index (κ2) is 8.64. The van der Waals surface area contributed by atoms with Crippen molar-refractivity contribution in [1.82, 2.24) is 29.7 Å². The van der Waals surface area contributed by atoms with Gasteiger partial charge in [0, 0.05) is 64.9 Å². The standard InChI is InChI=1S/C23H25N7S/c1-16-21(6-4-8-26-16)31-22-9-17(14-30-23(22)18(10-24-2)11-28-30)19-12-27-29(15-19)20-5-3-7-25-13-20/h4,6,8-12,14-15,20,25H,3,5,7,13H2,1-2H3/b24-10-/t20-/m0/s1. The Morgan fingerprint density at radius 3 is 2.94 bits per heavy atom. The second-order valence-corrected chi connectivity index (χ2v) is 8.86. The SMILES string of the molecule is C/N=C\c1cnn2cc(-c3cnn([C@H]4CCCNC4)c3)cc(Sc3cccnc3C)c12. The number of hydrogen-bond acceptors (Lipinski definition) is 6. The summed E-state index contributed by atoms with van der Waals surface area (Å²) in [7, 11) is 1.78. The van der Waals surface area contributed by atoms with Crippen molar-refractivity contribution in [3.63, 3.8) is 0 Å². The minimum absolute atomic E-state index is 0.412. The van der Waals surface area contributed by atoms with Crippen LogP contribution in [0.2, 0.25) is 0 Å². The Labute approximate surface area is 185 Å². The van der Waals surface area contributed by atoms with Crippen LogP contribution in [-0.4, -0.2) is 50.7 Å². The summed E-state index contributed by atoms with van der Waals surface area (Å²) in [6.07, 6.45) is 14.1. The van der Waals surface area contributed by atoms with E-state index in [9.17, 15) is 0 Å². The van der Waals surface area contributed by atoms with Gasteiger partial charge in [-0.1, -0.05) is 11.8 Å². The summed E-state index contributed by atoms with van der Waals surface area (Å²) in [6.45, 7) is 4.11. The molecule has 0 amide bonds. The molecule has 5 rings (SSSR count). The summed E-state index contributed by atoms with van der Waals surface area (Å²) >= 11 is 1.71. The van der Waals surface area contributed by atoms with E-state index in [2.05, 4.69) is 54.7 Å². The Kier molecular flexibility index (Phi) is 5.57. The van der Waals surface area contributed by atoms with Gasteiger partial charge in [-0.3, -0.25) is 14.7 Å². The Bertz CT molecular complexity index is 1230. The predicted molar refractivity (Wildman–Crippen MR) is 124 cm³/mol. The molecule has 1 aliphatic heterocycles. The van der Waals surface area contributed by atoms with E-state index in [1.807, 2.05) is 42.3 Å². The first kappa shape index (κ1) is 20.0. The van der Waals surface area contributed by atoms with Crippen molar-refractivity contribution in [1.29, 1.82) is 0 Å². The molecule has 1 saturated heterocycles. The van der Waals surface area contributed by atoms with Gasteiger partial charge in [0.05, 0.1) is 29.6 Å². The second-order valence-electron chi connectivity index (χ2n) is 7.77. The number of hydrogen-bond donors (Lipinski definition) is 1. The molecule has 8 heteroatoms. The number of nitrogens with zero attached hydrogens (tertiary/aromatic N) is 6. The van der Waals surface area contributed by atoms with Crippen molar-refractivity contribution in [3.8, 4) is 11.1 Å². The lowest BCUT2D eigenvalue weighted by atomic mass is 10.1. The van der Waals surface area contributed by atoms with Gasteiger partial charge >= 0.3 is 0 Å². The highest BCUT2D eigenvalue weighted by molar-refractivity contribution is 7.99. The molecule has 4 aromatic rings. The maximum Gasteiger partial charge on any atom is 0.0889 e. The van der Waals surface area contributed by atoms with Gasteiger partial charge in [-0.2, -0.15) is 10.2 Å². The molecular formula is C23H25N7S. The first-order valence-electron chi connectivity index (χ1n) is 10.5. The van der Waals surface area contributed by atoms with Crippen molar-refractivity contribution in [2.24, 2.45) is 4.99 Å². The quantitative estimate of drug-likeness (QED) is 0.483. The monoisotopic (exact) mass is 431 g/mol. The van der Waals surface area contributed by atoms with Crippen LogP contribution in [0.5, 0.6) is 0 Å². The number of aryl methyl sites for hydroxylation is 1. The van der Waals surface area contributed by atoms with E-state index in [0.717, 1.165) is 57.2 Å². The Hall–Kier alpha value is -2.97. The van der Waals surface area contributed by atoms with Gasteiger partial charge in [-0.15, -0.1) is 0 Å². The molecule has 5 heterocycles. The molecule has 7 nitrogen and oxygen atoms in total. The lowest BCUT2D eigenvalue weighted by Gasteiger charge is -2.22. The average Bonchev–Trinajstić information content (AvgIpc) is 3.44. The fraction of sp³-hybridized carbons (Fsp3) is 0.304. The van der Waals surface area contributed by atoms with E-state index < -0.39 is 0 Å². The smallest absolute Gasteiger partial charge is 0.0889 e. The summed E-state index contributed by atoms with van der Waals surface area (Å²) in [5, 5.41) is 12.7. The van der Waals surface area contributed by atoms with Crippen molar-refractivity contribution >= 4 is 23.5 Å². The van der Waals surface area contributed by atoms with Gasteiger partial charge in [0.15, 0.2) is 0 Å². The van der Waals surface area contributed by atoms with Gasteiger partial charge < -0.3 is 5.32 Å². The highest BCUT2D eigenvalue weighted by Gasteiger charge is 2.18. The van der Waals surface area contributed by atoms with E-state index in [-0.39, 0.29) is 0 Å². The number of aliphatic imine (C=N–C) groups is 1. The van der Waals surface area contributed by atoms with Gasteiger partial charge in [0.1, 0.15) is 0 Å². The summed E-state index contributed by atoms with van der Waals surface area (Å²) < 4.78 is 4.04. The fourth-order valence-corrected chi connectivity index (χ4v) is 5.10. The molecule has 0 aromatic carbocycles. The van der Waals surface area contributed by atoms with Gasteiger partial charge in [-0.25, -0.2) is 4.52 Å². The van der Waals surface area contributed by atoms with Gasteiger partial charge in [-0.05, 0) is 44.5 Å². The molecule has 158 valence electrons. The molecule has 0 bridgehead atoms. The molecule has 0 spiro atoms. The van der Waals surface area contributed by atoms with E-state index in [0.29, 0.717) is 6.04 Å². The topological polar surface area (TPSA) is 72.4 Å². The van der Waals surface area contributed by atoms with E-state index >= 15 is 0 Å². The number of aromatic nitrogens is 5. The number of rotatable bonds is 5. The molecule has 1 aliphatic rings. The Morgan fingerprint density at radius 2 is 2.13 bits per heavy atom. The zero-order valence-corrected chi connectivity index (χ0v) is 18.5. The van der Waals surface area contributed by atoms with E-state index in [1.165, 1.54) is 6.42 Å². The van der Waals surface area contributed by atoms with Crippen LogP contribution in [0.25, 0.3) is 16.6 Å². The zero-order valence-electron chi connectivity index (χ0n) is 17.7. The molecule has 4 aromatic heterocycles. The third-order valence-corrected chi connectivity index (χ3v) is 6.81. The highest BCUT2D eigenvalue weighted by Crippen LogP contribution is 2.36. The molecule has 1 atom stereocenters. The third-order valence-electron chi connectivity index (χ3n) is 5.63. The van der Waals surface area contributed by atoms with E-state index in [1.54, 1.807) is 18.8 Å². The van der Waals surface area contributed by atoms with Crippen molar-refractivity contribution < 1.29 is 0 Å². The summed E-state index contributed by atoms with van der Waals surface area (Å²) in [6, 6.07) is 6.72. The fourth-order valence-electron chi connectivity index (χ4n) is 4.02. The number of piperidine rings is 1. The maximum absolute atomic E-state index is 4.67. The minimum atomic E-state index is 0.412. The third kappa shape index (κ3) is 4.00. The van der Waals surface area contributed by atoms with Crippen LogP contribution in [0.3, 0.4) is 0 Å². The summed E-state index contributed by atoms with van der Waals surface area (Å²) in [4.78, 5) is 10.9. The lowest BCUT2D eigenvalue weighted by Crippen LogP contribution is -2.31. The van der Waals surface area contributed by atoms with Crippen LogP contribution in [-0.2, 0) is 0 Å². The van der Waals surface area contributed by atoms with Crippen LogP contribution in [0.1, 0.15) is 30.1 Å². The van der Waals surface area contributed by atoms with Crippen molar-refractivity contribution in [3.05, 3.63) is 60.4 Å². The molecule has 31 heavy (non-hydrogen) atoms. The Morgan fingerprint density at radius 1 is 1.19 bits per heavy atom. The maximum atomic E-state index is 4.67. The minimum Gasteiger partial charge on any atom is -0.315 e. The van der Waals surface area contributed by atoms with Gasteiger partial charge in [0.2, 0.25) is 0 Å². The molecule has 0 aliphatic carbocycles. The molecular weight excluding hydrogens is 406 g/mol. The van der Waals surface area contributed by atoms with Crippen molar-refractivity contribution in [2.45, 2.75) is 35.6 Å². The van der Waals surface area contributed by atoms with Crippen LogP contribution in [0.4, 0.5) is 0 Å². The van der Waals surface area contributed by atoms with Crippen LogP contribution in [0.15, 0.2) is 64.0 Å². The highest BCUT2D eigenvalue weighted by atomic mass is 32.2. The van der Waals surface area contributed by atoms with Crippen LogP contribution < -0.4 is 5.32 Å². The Balaban J connectivity index is 1.58. The van der Waals surface area contributed by atoms with Crippen molar-refractivity contribution in [2.75, 3.05) is 20.1 Å². The average molecular weight is 432 g/mol. The molecule has 0 saturated carbocycles. The predicted octanol–water partition coefficient (Wildman–Crippen LogP) is 4.03. The molecule has 1 N–H and O–H groups in total. The molecule has 1 fully saturated rings. The number of fused-ring (bicyclic) bond motifs is 1. The molecule has 0 radical (unpaired) electrons. The first-order chi connectivity index (χ1) is 15.2. The first-order valence-corrected chi connectivity index (χ1v) is 11.3. The van der Waals surface area contributed by atoms with Crippen LogP contribution >= 0.6 is 11.8 Å². The normalized spacial score (nSPS) is 17.0. The zero-order chi connectivity index (χ0) is 21.2. The van der Waals surface area contributed by atoms with Crippen LogP contribution in [0, 0.1) is 6.92 Å². The number of nitrogens with one attached hydrogen (secondary N) is 1. The largest absolute Gasteiger partial charge is 0.315 e. The summed E-state index contributed by atoms with van der Waals surface area (Å²) in [5.74, 6) is 0. The van der Waals surface area contributed by atoms with E-state index in [4.69, 9.17) is 0 Å².